The standard InChI is InChI=1S/C35H42N4O3/c1-21-11-12-24(30(35(4,5)34(40)41-7)28-13-14-29(37-6)31(36)23(28)3)17-26(21)19-39-15-16-42-33-27(20-39)18-25-10-8-9-22(2)32(25)38-33/h8-14,17-18,30,37H,15-16,19-20,36H2,1-7H3. The van der Waals surface area contributed by atoms with Gasteiger partial charge in [-0.15, -0.1) is 0 Å². The molecule has 0 amide bonds. The van der Waals surface area contributed by atoms with E-state index in [4.69, 9.17) is 20.2 Å². The molecule has 1 unspecified atom stereocenters. The molecule has 42 heavy (non-hydrogen) atoms. The van der Waals surface area contributed by atoms with E-state index in [1.165, 1.54) is 18.2 Å². The van der Waals surface area contributed by atoms with Gasteiger partial charge in [0.2, 0.25) is 5.88 Å². The maximum absolute atomic E-state index is 13.2. The molecule has 2 heterocycles. The van der Waals surface area contributed by atoms with Crippen LogP contribution in [0.25, 0.3) is 10.9 Å². The fourth-order valence-electron chi connectivity index (χ4n) is 6.26. The van der Waals surface area contributed by atoms with Crippen LogP contribution in [0.15, 0.2) is 54.6 Å². The summed E-state index contributed by atoms with van der Waals surface area (Å²) in [6, 6.07) is 19.1. The third kappa shape index (κ3) is 5.41. The summed E-state index contributed by atoms with van der Waals surface area (Å²) in [7, 11) is 3.31. The fraction of sp³-hybridized carbons (Fsp3) is 0.371. The lowest BCUT2D eigenvalue weighted by Crippen LogP contribution is -2.34. The number of pyridine rings is 1. The number of nitrogen functional groups attached to an aromatic ring is 1. The van der Waals surface area contributed by atoms with Gasteiger partial charge in [0.1, 0.15) is 6.61 Å². The molecule has 4 aromatic rings. The monoisotopic (exact) mass is 566 g/mol. The summed E-state index contributed by atoms with van der Waals surface area (Å²) in [4.78, 5) is 20.5. The third-order valence-corrected chi connectivity index (χ3v) is 8.80. The maximum atomic E-state index is 13.2. The summed E-state index contributed by atoms with van der Waals surface area (Å²) in [6.07, 6.45) is 0. The molecule has 0 saturated carbocycles. The van der Waals surface area contributed by atoms with Crippen molar-refractivity contribution in [1.82, 2.24) is 9.88 Å². The number of anilines is 2. The molecule has 0 fully saturated rings. The van der Waals surface area contributed by atoms with E-state index in [1.807, 2.05) is 33.9 Å². The van der Waals surface area contributed by atoms with Crippen LogP contribution >= 0.6 is 0 Å². The Morgan fingerprint density at radius 2 is 1.90 bits per heavy atom. The van der Waals surface area contributed by atoms with Crippen LogP contribution in [0.4, 0.5) is 11.4 Å². The number of para-hydroxylation sites is 1. The highest BCUT2D eigenvalue weighted by atomic mass is 16.5. The van der Waals surface area contributed by atoms with Crippen molar-refractivity contribution < 1.29 is 14.3 Å². The van der Waals surface area contributed by atoms with Crippen LogP contribution in [0.5, 0.6) is 5.88 Å². The molecule has 1 aliphatic heterocycles. The molecule has 3 aromatic carbocycles. The number of ether oxygens (including phenoxy) is 2. The van der Waals surface area contributed by atoms with Gasteiger partial charge in [-0.1, -0.05) is 42.5 Å². The van der Waals surface area contributed by atoms with E-state index in [9.17, 15) is 4.79 Å². The Bertz CT molecular complexity index is 1650. The van der Waals surface area contributed by atoms with Gasteiger partial charge in [0.05, 0.1) is 29.4 Å². The van der Waals surface area contributed by atoms with E-state index in [-0.39, 0.29) is 11.9 Å². The molecular weight excluding hydrogens is 524 g/mol. The number of carbonyl (C=O) groups is 1. The van der Waals surface area contributed by atoms with Gasteiger partial charge >= 0.3 is 5.97 Å². The van der Waals surface area contributed by atoms with Crippen molar-refractivity contribution in [3.8, 4) is 5.88 Å². The summed E-state index contributed by atoms with van der Waals surface area (Å²) < 4.78 is 11.4. The summed E-state index contributed by atoms with van der Waals surface area (Å²) in [5, 5.41) is 4.29. The Hall–Kier alpha value is -4.10. The van der Waals surface area contributed by atoms with Crippen molar-refractivity contribution in [3.05, 3.63) is 93.5 Å². The Morgan fingerprint density at radius 1 is 1.12 bits per heavy atom. The minimum Gasteiger partial charge on any atom is -0.476 e. The molecule has 5 rings (SSSR count). The molecule has 0 spiro atoms. The zero-order valence-corrected chi connectivity index (χ0v) is 25.8. The van der Waals surface area contributed by atoms with Crippen molar-refractivity contribution in [3.63, 3.8) is 0 Å². The highest BCUT2D eigenvalue weighted by molar-refractivity contribution is 5.83. The van der Waals surface area contributed by atoms with Crippen LogP contribution in [-0.4, -0.2) is 43.2 Å². The van der Waals surface area contributed by atoms with Gasteiger partial charge in [-0.05, 0) is 80.1 Å². The summed E-state index contributed by atoms with van der Waals surface area (Å²) >= 11 is 0. The number of nitrogens with one attached hydrogen (secondary N) is 1. The number of rotatable bonds is 7. The average molecular weight is 567 g/mol. The number of fused-ring (bicyclic) bond motifs is 2. The number of nitrogens with zero attached hydrogens (tertiary/aromatic N) is 2. The second-order valence-corrected chi connectivity index (χ2v) is 12.0. The van der Waals surface area contributed by atoms with Crippen molar-refractivity contribution in [1.29, 1.82) is 0 Å². The summed E-state index contributed by atoms with van der Waals surface area (Å²) in [5.74, 6) is 0.203. The molecule has 1 aliphatic rings. The van der Waals surface area contributed by atoms with Gasteiger partial charge in [0.25, 0.3) is 0 Å². The second kappa shape index (κ2) is 11.6. The Balaban J connectivity index is 1.52. The predicted molar refractivity (Wildman–Crippen MR) is 170 cm³/mol. The van der Waals surface area contributed by atoms with Crippen molar-refractivity contribution in [2.75, 3.05) is 38.4 Å². The first-order valence-corrected chi connectivity index (χ1v) is 14.5. The molecule has 1 atom stereocenters. The quantitative estimate of drug-likeness (QED) is 0.195. The van der Waals surface area contributed by atoms with Gasteiger partial charge in [-0.25, -0.2) is 4.98 Å². The third-order valence-electron chi connectivity index (χ3n) is 8.80. The molecular formula is C35H42N4O3. The van der Waals surface area contributed by atoms with Crippen molar-refractivity contribution in [2.45, 2.75) is 53.6 Å². The van der Waals surface area contributed by atoms with Crippen LogP contribution < -0.4 is 15.8 Å². The van der Waals surface area contributed by atoms with E-state index in [1.54, 1.807) is 0 Å². The number of nitrogens with two attached hydrogens (primary N) is 1. The van der Waals surface area contributed by atoms with Crippen LogP contribution in [0.1, 0.15) is 58.7 Å². The van der Waals surface area contributed by atoms with E-state index < -0.39 is 5.41 Å². The Kier molecular flexibility index (Phi) is 8.15. The lowest BCUT2D eigenvalue weighted by molar-refractivity contribution is -0.151. The minimum absolute atomic E-state index is 0.260. The van der Waals surface area contributed by atoms with Gasteiger partial charge in [0, 0.05) is 43.5 Å². The largest absolute Gasteiger partial charge is 0.476 e. The van der Waals surface area contributed by atoms with Crippen LogP contribution in [-0.2, 0) is 22.6 Å². The number of aromatic nitrogens is 1. The van der Waals surface area contributed by atoms with Crippen LogP contribution in [0, 0.1) is 26.2 Å². The first kappa shape index (κ1) is 29.4. The smallest absolute Gasteiger partial charge is 0.312 e. The summed E-state index contributed by atoms with van der Waals surface area (Å²) in [5.41, 5.74) is 15.9. The molecule has 1 aromatic heterocycles. The molecule has 0 bridgehead atoms. The second-order valence-electron chi connectivity index (χ2n) is 12.0. The molecule has 7 heteroatoms. The number of esters is 1. The molecule has 220 valence electrons. The van der Waals surface area contributed by atoms with Gasteiger partial charge in [-0.2, -0.15) is 0 Å². The molecule has 7 nitrogen and oxygen atoms in total. The summed E-state index contributed by atoms with van der Waals surface area (Å²) in [6.45, 7) is 13.0. The number of benzene rings is 3. The number of methoxy groups -OCH3 is 1. The minimum atomic E-state index is -0.833. The molecule has 0 radical (unpaired) electrons. The number of aryl methyl sites for hydroxylation is 2. The Morgan fingerprint density at radius 3 is 2.64 bits per heavy atom. The lowest BCUT2D eigenvalue weighted by Gasteiger charge is -2.34. The first-order valence-electron chi connectivity index (χ1n) is 14.5. The molecule has 0 aliphatic carbocycles. The van der Waals surface area contributed by atoms with Gasteiger partial charge < -0.3 is 20.5 Å². The van der Waals surface area contributed by atoms with Crippen molar-refractivity contribution >= 4 is 28.2 Å². The first-order chi connectivity index (χ1) is 20.0. The lowest BCUT2D eigenvalue weighted by atomic mass is 9.69. The average Bonchev–Trinajstić information content (AvgIpc) is 3.17. The van der Waals surface area contributed by atoms with E-state index >= 15 is 0 Å². The maximum Gasteiger partial charge on any atom is 0.312 e. The van der Waals surface area contributed by atoms with Crippen LogP contribution in [0.2, 0.25) is 0 Å². The zero-order valence-electron chi connectivity index (χ0n) is 25.8. The van der Waals surface area contributed by atoms with Gasteiger partial charge in [-0.3, -0.25) is 9.69 Å². The van der Waals surface area contributed by atoms with Crippen LogP contribution in [0.3, 0.4) is 0 Å². The van der Waals surface area contributed by atoms with E-state index in [0.29, 0.717) is 12.3 Å². The van der Waals surface area contributed by atoms with E-state index in [2.05, 4.69) is 72.6 Å². The highest BCUT2D eigenvalue weighted by Crippen LogP contribution is 2.45. The fourth-order valence-corrected chi connectivity index (χ4v) is 6.26. The number of hydrogen-bond donors (Lipinski definition) is 2. The zero-order chi connectivity index (χ0) is 30.2. The SMILES string of the molecule is CNc1ccc(C(c2ccc(C)c(CN3CCOc4nc5c(C)cccc5cc4C3)c2)C(C)(C)C(=O)OC)c(C)c1N. The normalized spacial score (nSPS) is 14.5. The highest BCUT2D eigenvalue weighted by Gasteiger charge is 2.41. The van der Waals surface area contributed by atoms with Gasteiger partial charge in [0.15, 0.2) is 0 Å². The number of carbonyl (C=O) groups excluding carboxylic acids is 1. The predicted octanol–water partition coefficient (Wildman–Crippen LogP) is 6.51. The molecule has 3 N–H and O–H groups in total. The number of hydrogen-bond acceptors (Lipinski definition) is 7. The topological polar surface area (TPSA) is 89.7 Å². The van der Waals surface area contributed by atoms with Crippen molar-refractivity contribution in [2.24, 2.45) is 5.41 Å². The Labute approximate surface area is 249 Å². The van der Waals surface area contributed by atoms with E-state index in [0.717, 1.165) is 69.9 Å². The molecule has 0 saturated heterocycles.